The first-order chi connectivity index (χ1) is 7.80. The van der Waals surface area contributed by atoms with Gasteiger partial charge in [0.15, 0.2) is 0 Å². The predicted octanol–water partition coefficient (Wildman–Crippen LogP) is 1.27. The molecule has 0 fully saturated rings. The van der Waals surface area contributed by atoms with Gasteiger partial charge in [0.2, 0.25) is 0 Å². The Morgan fingerprint density at radius 2 is 1.82 bits per heavy atom. The monoisotopic (exact) mass is 258 g/mol. The van der Waals surface area contributed by atoms with Crippen molar-refractivity contribution in [3.63, 3.8) is 0 Å². The summed E-state index contributed by atoms with van der Waals surface area (Å²) in [7, 11) is 0. The van der Waals surface area contributed by atoms with E-state index in [1.807, 2.05) is 0 Å². The molecule has 0 aliphatic heterocycles. The molecule has 5 heteroatoms. The van der Waals surface area contributed by atoms with Crippen LogP contribution in [0.25, 0.3) is 0 Å². The van der Waals surface area contributed by atoms with Gasteiger partial charge in [-0.25, -0.2) is 4.98 Å². The maximum absolute atomic E-state index is 9.16. The van der Waals surface area contributed by atoms with Crippen molar-refractivity contribution in [1.82, 2.24) is 10.3 Å². The first kappa shape index (κ1) is 14.6. The van der Waals surface area contributed by atoms with Gasteiger partial charge in [0.25, 0.3) is 0 Å². The molecule has 0 amide bonds. The Balaban J connectivity index is 2.62. The molecular formula is C12H22N2O2S. The van der Waals surface area contributed by atoms with Crippen molar-refractivity contribution in [2.24, 2.45) is 0 Å². The van der Waals surface area contributed by atoms with E-state index in [2.05, 4.69) is 36.5 Å². The van der Waals surface area contributed by atoms with Crippen LogP contribution in [0.3, 0.4) is 0 Å². The molecule has 3 N–H and O–H groups in total. The van der Waals surface area contributed by atoms with E-state index in [4.69, 9.17) is 10.2 Å². The van der Waals surface area contributed by atoms with Gasteiger partial charge in [-0.15, -0.1) is 11.3 Å². The van der Waals surface area contributed by atoms with E-state index in [1.54, 1.807) is 18.3 Å². The molecule has 1 aromatic rings. The van der Waals surface area contributed by atoms with E-state index in [-0.39, 0.29) is 18.6 Å². The number of hydrogen-bond acceptors (Lipinski definition) is 5. The second-order valence-electron chi connectivity index (χ2n) is 5.61. The molecule has 0 spiro atoms. The van der Waals surface area contributed by atoms with Crippen LogP contribution in [-0.4, -0.2) is 33.9 Å². The molecule has 0 aliphatic carbocycles. The average molecular weight is 258 g/mol. The lowest BCUT2D eigenvalue weighted by Crippen LogP contribution is -2.48. The molecular weight excluding hydrogens is 236 g/mol. The molecule has 0 saturated carbocycles. The Labute approximate surface area is 107 Å². The highest BCUT2D eigenvalue weighted by molar-refractivity contribution is 7.09. The summed E-state index contributed by atoms with van der Waals surface area (Å²) in [6.07, 6.45) is 0. The maximum atomic E-state index is 9.16. The topological polar surface area (TPSA) is 65.4 Å². The summed E-state index contributed by atoms with van der Waals surface area (Å²) in [6, 6.07) is 0. The number of aliphatic hydroxyl groups is 2. The van der Waals surface area contributed by atoms with Gasteiger partial charge in [-0.3, -0.25) is 0 Å². The maximum Gasteiger partial charge on any atom is 0.107 e. The summed E-state index contributed by atoms with van der Waals surface area (Å²) in [4.78, 5) is 4.55. The Bertz CT molecular complexity index is 354. The molecule has 98 valence electrons. The van der Waals surface area contributed by atoms with E-state index in [0.29, 0.717) is 6.54 Å². The summed E-state index contributed by atoms with van der Waals surface area (Å²) in [5, 5.41) is 24.5. The quantitative estimate of drug-likeness (QED) is 0.744. The minimum absolute atomic E-state index is 0.0615. The molecule has 0 atom stereocenters. The van der Waals surface area contributed by atoms with Crippen molar-refractivity contribution in [3.8, 4) is 0 Å². The Hall–Kier alpha value is -0.490. The van der Waals surface area contributed by atoms with E-state index in [0.717, 1.165) is 10.7 Å². The second-order valence-corrected chi connectivity index (χ2v) is 6.55. The highest BCUT2D eigenvalue weighted by Crippen LogP contribution is 2.23. The van der Waals surface area contributed by atoms with Crippen molar-refractivity contribution < 1.29 is 10.2 Å². The molecule has 4 nitrogen and oxygen atoms in total. The van der Waals surface area contributed by atoms with Crippen molar-refractivity contribution in [2.45, 2.75) is 45.2 Å². The smallest absolute Gasteiger partial charge is 0.107 e. The van der Waals surface area contributed by atoms with Crippen LogP contribution in [0.4, 0.5) is 0 Å². The van der Waals surface area contributed by atoms with Crippen LogP contribution in [0.5, 0.6) is 0 Å². The van der Waals surface area contributed by atoms with Crippen molar-refractivity contribution >= 4 is 11.3 Å². The van der Waals surface area contributed by atoms with Crippen LogP contribution >= 0.6 is 11.3 Å². The summed E-state index contributed by atoms with van der Waals surface area (Å²) in [6.45, 7) is 8.55. The highest BCUT2D eigenvalue weighted by atomic mass is 32.1. The fraction of sp³-hybridized carbons (Fsp3) is 0.750. The SMILES string of the molecule is CC(CO)(CO)NCc1nc(C(C)(C)C)cs1. The Morgan fingerprint density at radius 1 is 1.24 bits per heavy atom. The number of thiazole rings is 1. The third kappa shape index (κ3) is 4.03. The molecule has 0 aliphatic rings. The molecule has 0 radical (unpaired) electrons. The molecule has 0 aromatic carbocycles. The van der Waals surface area contributed by atoms with Gasteiger partial charge >= 0.3 is 0 Å². The zero-order valence-electron chi connectivity index (χ0n) is 10.9. The molecule has 0 bridgehead atoms. The van der Waals surface area contributed by atoms with Gasteiger partial charge in [0, 0.05) is 17.3 Å². The summed E-state index contributed by atoms with van der Waals surface area (Å²) in [5.74, 6) is 0. The highest BCUT2D eigenvalue weighted by Gasteiger charge is 2.22. The van der Waals surface area contributed by atoms with Crippen LogP contribution in [-0.2, 0) is 12.0 Å². The van der Waals surface area contributed by atoms with E-state index in [9.17, 15) is 0 Å². The van der Waals surface area contributed by atoms with Gasteiger partial charge < -0.3 is 15.5 Å². The van der Waals surface area contributed by atoms with Gasteiger partial charge in [-0.05, 0) is 6.92 Å². The van der Waals surface area contributed by atoms with Crippen LogP contribution < -0.4 is 5.32 Å². The molecule has 1 heterocycles. The van der Waals surface area contributed by atoms with E-state index in [1.165, 1.54) is 0 Å². The van der Waals surface area contributed by atoms with Crippen LogP contribution in [0.2, 0.25) is 0 Å². The van der Waals surface area contributed by atoms with Crippen molar-refractivity contribution in [2.75, 3.05) is 13.2 Å². The van der Waals surface area contributed by atoms with Crippen molar-refractivity contribution in [1.29, 1.82) is 0 Å². The number of rotatable bonds is 5. The average Bonchev–Trinajstić information content (AvgIpc) is 2.74. The number of hydrogen-bond donors (Lipinski definition) is 3. The van der Waals surface area contributed by atoms with Gasteiger partial charge in [0.1, 0.15) is 5.01 Å². The molecule has 0 unspecified atom stereocenters. The number of aromatic nitrogens is 1. The zero-order chi connectivity index (χ0) is 13.1. The first-order valence-electron chi connectivity index (χ1n) is 5.72. The van der Waals surface area contributed by atoms with Crippen LogP contribution in [0, 0.1) is 0 Å². The molecule has 1 rings (SSSR count). The molecule has 0 saturated heterocycles. The van der Waals surface area contributed by atoms with Gasteiger partial charge in [0.05, 0.1) is 24.4 Å². The van der Waals surface area contributed by atoms with E-state index >= 15 is 0 Å². The largest absolute Gasteiger partial charge is 0.394 e. The van der Waals surface area contributed by atoms with Crippen LogP contribution in [0.15, 0.2) is 5.38 Å². The van der Waals surface area contributed by atoms with Gasteiger partial charge in [-0.1, -0.05) is 20.8 Å². The standard InChI is InChI=1S/C12H22N2O2S/c1-11(2,3)9-6-17-10(14-9)5-13-12(4,7-15)8-16/h6,13,15-16H,5,7-8H2,1-4H3. The second kappa shape index (κ2) is 5.44. The summed E-state index contributed by atoms with van der Waals surface area (Å²) in [5.41, 5.74) is 0.494. The summed E-state index contributed by atoms with van der Waals surface area (Å²) < 4.78 is 0. The van der Waals surface area contributed by atoms with Gasteiger partial charge in [-0.2, -0.15) is 0 Å². The molecule has 1 aromatic heterocycles. The lowest BCUT2D eigenvalue weighted by Gasteiger charge is -2.25. The fourth-order valence-electron chi connectivity index (χ4n) is 1.19. The minimum Gasteiger partial charge on any atom is -0.394 e. The number of aliphatic hydroxyl groups excluding tert-OH is 2. The lowest BCUT2D eigenvalue weighted by atomic mass is 9.93. The van der Waals surface area contributed by atoms with Crippen molar-refractivity contribution in [3.05, 3.63) is 16.1 Å². The Morgan fingerprint density at radius 3 is 2.24 bits per heavy atom. The fourth-order valence-corrected chi connectivity index (χ4v) is 2.15. The molecule has 17 heavy (non-hydrogen) atoms. The lowest BCUT2D eigenvalue weighted by molar-refractivity contribution is 0.103. The first-order valence-corrected chi connectivity index (χ1v) is 6.60. The predicted molar refractivity (Wildman–Crippen MR) is 70.2 cm³/mol. The number of nitrogens with one attached hydrogen (secondary N) is 1. The summed E-state index contributed by atoms with van der Waals surface area (Å²) >= 11 is 1.60. The zero-order valence-corrected chi connectivity index (χ0v) is 11.8. The van der Waals surface area contributed by atoms with Crippen LogP contribution in [0.1, 0.15) is 38.4 Å². The third-order valence-corrected chi connectivity index (χ3v) is 3.53. The Kier molecular flexibility index (Phi) is 4.66. The third-order valence-electron chi connectivity index (χ3n) is 2.68. The number of nitrogens with zero attached hydrogens (tertiary/aromatic N) is 1. The van der Waals surface area contributed by atoms with E-state index < -0.39 is 5.54 Å². The minimum atomic E-state index is -0.645. The normalized spacial score (nSPS) is 13.1.